The van der Waals surface area contributed by atoms with Gasteiger partial charge in [-0.15, -0.1) is 11.3 Å². The Hall–Kier alpha value is -1.93. The van der Waals surface area contributed by atoms with E-state index < -0.39 is 11.9 Å². The smallest absolute Gasteiger partial charge is 0.341 e. The molecule has 0 aliphatic rings. The van der Waals surface area contributed by atoms with E-state index in [1.807, 2.05) is 6.92 Å². The third-order valence-corrected chi connectivity index (χ3v) is 5.19. The summed E-state index contributed by atoms with van der Waals surface area (Å²) in [4.78, 5) is 32.3. The lowest BCUT2D eigenvalue weighted by Crippen LogP contribution is -2.09. The van der Waals surface area contributed by atoms with Crippen LogP contribution in [0.5, 0.6) is 0 Å². The number of aromatic nitrogens is 2. The second-order valence-electron chi connectivity index (χ2n) is 4.69. The summed E-state index contributed by atoms with van der Waals surface area (Å²) in [6.07, 6.45) is 1.56. The van der Waals surface area contributed by atoms with Crippen molar-refractivity contribution in [2.24, 2.45) is 0 Å². The number of ether oxygens (including phenoxy) is 1. The van der Waals surface area contributed by atoms with Gasteiger partial charge in [-0.25, -0.2) is 14.8 Å². The first-order valence-corrected chi connectivity index (χ1v) is 8.54. The Bertz CT molecular complexity index is 743. The van der Waals surface area contributed by atoms with Crippen molar-refractivity contribution in [2.45, 2.75) is 36.6 Å². The van der Waals surface area contributed by atoms with Crippen molar-refractivity contribution in [3.8, 4) is 0 Å². The molecule has 0 aromatic carbocycles. The molecule has 2 rings (SSSR count). The van der Waals surface area contributed by atoms with Crippen LogP contribution in [0.25, 0.3) is 0 Å². The van der Waals surface area contributed by atoms with E-state index in [9.17, 15) is 9.59 Å². The van der Waals surface area contributed by atoms with Crippen molar-refractivity contribution in [1.29, 1.82) is 0 Å². The molecule has 0 spiro atoms. The van der Waals surface area contributed by atoms with E-state index in [1.54, 1.807) is 26.1 Å². The zero-order chi connectivity index (χ0) is 17.0. The second-order valence-corrected chi connectivity index (χ2v) is 7.01. The average molecular weight is 352 g/mol. The minimum Gasteiger partial charge on any atom is -0.481 e. The zero-order valence-corrected chi connectivity index (χ0v) is 14.6. The molecule has 23 heavy (non-hydrogen) atoms. The molecule has 0 aliphatic carbocycles. The van der Waals surface area contributed by atoms with E-state index in [0.717, 1.165) is 5.56 Å². The number of carbonyl (C=O) groups excluding carboxylic acids is 1. The fourth-order valence-electron chi connectivity index (χ4n) is 1.89. The fraction of sp³-hybridized carbons (Fsp3) is 0.333. The Labute approximate surface area is 141 Å². The van der Waals surface area contributed by atoms with Crippen LogP contribution in [-0.2, 0) is 16.0 Å². The number of thiazole rings is 1. The summed E-state index contributed by atoms with van der Waals surface area (Å²) in [6.45, 7) is 5.63. The van der Waals surface area contributed by atoms with Gasteiger partial charge in [0.05, 0.1) is 24.3 Å². The van der Waals surface area contributed by atoms with Gasteiger partial charge in [-0.1, -0.05) is 0 Å². The van der Waals surface area contributed by atoms with Crippen LogP contribution in [0, 0.1) is 13.8 Å². The maximum Gasteiger partial charge on any atom is 0.341 e. The van der Waals surface area contributed by atoms with Crippen molar-refractivity contribution in [3.05, 3.63) is 34.0 Å². The van der Waals surface area contributed by atoms with Crippen LogP contribution < -0.4 is 0 Å². The lowest BCUT2D eigenvalue weighted by molar-refractivity contribution is -0.136. The molecule has 0 unspecified atom stereocenters. The minimum absolute atomic E-state index is 0.0595. The lowest BCUT2D eigenvalue weighted by atomic mass is 10.2. The molecule has 0 fully saturated rings. The molecule has 0 saturated heterocycles. The van der Waals surface area contributed by atoms with Gasteiger partial charge >= 0.3 is 11.9 Å². The van der Waals surface area contributed by atoms with Gasteiger partial charge in [-0.05, 0) is 44.2 Å². The second kappa shape index (κ2) is 7.56. The van der Waals surface area contributed by atoms with Crippen LogP contribution in [0.2, 0.25) is 0 Å². The summed E-state index contributed by atoms with van der Waals surface area (Å²) in [5.74, 6) is -1.31. The number of pyridine rings is 1. The SMILES string of the molecule is CCOC(=O)c1c(C)ccnc1Sc1nc(C)c(CC(=O)O)s1. The summed E-state index contributed by atoms with van der Waals surface area (Å²) < 4.78 is 5.74. The van der Waals surface area contributed by atoms with Gasteiger partial charge in [0.15, 0.2) is 4.34 Å². The third-order valence-electron chi connectivity index (χ3n) is 2.97. The van der Waals surface area contributed by atoms with E-state index in [4.69, 9.17) is 9.84 Å². The normalized spacial score (nSPS) is 10.6. The number of hydrogen-bond donors (Lipinski definition) is 1. The summed E-state index contributed by atoms with van der Waals surface area (Å²) >= 11 is 2.55. The minimum atomic E-state index is -0.894. The molecule has 0 aliphatic heterocycles. The predicted octanol–water partition coefficient (Wildman–Crippen LogP) is 3.11. The number of hydrogen-bond acceptors (Lipinski definition) is 7. The highest BCUT2D eigenvalue weighted by molar-refractivity contribution is 8.01. The maximum atomic E-state index is 12.1. The van der Waals surface area contributed by atoms with E-state index in [1.165, 1.54) is 23.1 Å². The van der Waals surface area contributed by atoms with Gasteiger partial charge < -0.3 is 9.84 Å². The molecular formula is C15H16N2O4S2. The molecule has 0 atom stereocenters. The molecule has 2 aromatic rings. The van der Waals surface area contributed by atoms with Crippen LogP contribution in [-0.4, -0.2) is 33.6 Å². The molecule has 2 aromatic heterocycles. The van der Waals surface area contributed by atoms with Crippen molar-refractivity contribution >= 4 is 35.0 Å². The topological polar surface area (TPSA) is 89.4 Å². The highest BCUT2D eigenvalue weighted by Gasteiger charge is 2.20. The van der Waals surface area contributed by atoms with E-state index in [2.05, 4.69) is 9.97 Å². The van der Waals surface area contributed by atoms with Crippen molar-refractivity contribution < 1.29 is 19.4 Å². The number of rotatable bonds is 6. The number of aliphatic carboxylic acids is 1. The van der Waals surface area contributed by atoms with Crippen LogP contribution in [0.4, 0.5) is 0 Å². The molecular weight excluding hydrogens is 336 g/mol. The van der Waals surface area contributed by atoms with Gasteiger partial charge in [-0.3, -0.25) is 4.79 Å². The molecule has 122 valence electrons. The summed E-state index contributed by atoms with van der Waals surface area (Å²) in [5.41, 5.74) is 1.89. The Morgan fingerprint density at radius 2 is 2.13 bits per heavy atom. The highest BCUT2D eigenvalue weighted by Crippen LogP contribution is 2.34. The summed E-state index contributed by atoms with van der Waals surface area (Å²) in [5, 5.41) is 9.41. The highest BCUT2D eigenvalue weighted by atomic mass is 32.2. The average Bonchev–Trinajstić information content (AvgIpc) is 2.78. The van der Waals surface area contributed by atoms with Gasteiger partial charge in [0.1, 0.15) is 5.03 Å². The largest absolute Gasteiger partial charge is 0.481 e. The molecule has 0 bridgehead atoms. The molecule has 8 heteroatoms. The number of carbonyl (C=O) groups is 2. The third kappa shape index (κ3) is 4.29. The van der Waals surface area contributed by atoms with E-state index >= 15 is 0 Å². The number of aryl methyl sites for hydroxylation is 2. The van der Waals surface area contributed by atoms with E-state index in [-0.39, 0.29) is 13.0 Å². The van der Waals surface area contributed by atoms with Crippen LogP contribution in [0.15, 0.2) is 21.6 Å². The first kappa shape index (κ1) is 17.4. The van der Waals surface area contributed by atoms with Crippen molar-refractivity contribution in [2.75, 3.05) is 6.61 Å². The predicted molar refractivity (Wildman–Crippen MR) is 87.2 cm³/mol. The summed E-state index contributed by atoms with van der Waals surface area (Å²) in [6, 6.07) is 1.75. The van der Waals surface area contributed by atoms with Crippen LogP contribution >= 0.6 is 23.1 Å². The molecule has 2 heterocycles. The van der Waals surface area contributed by atoms with Crippen LogP contribution in [0.3, 0.4) is 0 Å². The Kier molecular flexibility index (Phi) is 5.73. The number of carboxylic acid groups (broad SMARTS) is 1. The van der Waals surface area contributed by atoms with Crippen LogP contribution in [0.1, 0.15) is 33.4 Å². The molecule has 6 nitrogen and oxygen atoms in total. The molecule has 0 radical (unpaired) electrons. The first-order chi connectivity index (χ1) is 10.9. The quantitative estimate of drug-likeness (QED) is 0.799. The van der Waals surface area contributed by atoms with Gasteiger partial charge in [-0.2, -0.15) is 0 Å². The Morgan fingerprint density at radius 1 is 1.39 bits per heavy atom. The fourth-order valence-corrected chi connectivity index (χ4v) is 4.19. The monoisotopic (exact) mass is 352 g/mol. The lowest BCUT2D eigenvalue weighted by Gasteiger charge is -2.08. The molecule has 0 saturated carbocycles. The van der Waals surface area contributed by atoms with Gasteiger partial charge in [0.25, 0.3) is 0 Å². The zero-order valence-electron chi connectivity index (χ0n) is 13.0. The number of esters is 1. The first-order valence-electron chi connectivity index (χ1n) is 6.91. The standard InChI is InChI=1S/C15H16N2O4S2/c1-4-21-14(20)12-8(2)5-6-16-13(12)23-15-17-9(3)10(22-15)7-11(18)19/h5-6H,4,7H2,1-3H3,(H,18,19). The number of nitrogens with zero attached hydrogens (tertiary/aromatic N) is 2. The molecule has 0 amide bonds. The maximum absolute atomic E-state index is 12.1. The molecule has 1 N–H and O–H groups in total. The van der Waals surface area contributed by atoms with E-state index in [0.29, 0.717) is 25.5 Å². The Balaban J connectivity index is 2.32. The van der Waals surface area contributed by atoms with Crippen molar-refractivity contribution in [3.63, 3.8) is 0 Å². The van der Waals surface area contributed by atoms with Gasteiger partial charge in [0, 0.05) is 11.1 Å². The van der Waals surface area contributed by atoms with Crippen molar-refractivity contribution in [1.82, 2.24) is 9.97 Å². The Morgan fingerprint density at radius 3 is 2.78 bits per heavy atom. The van der Waals surface area contributed by atoms with Gasteiger partial charge in [0.2, 0.25) is 0 Å². The number of carboxylic acids is 1. The summed E-state index contributed by atoms with van der Waals surface area (Å²) in [7, 11) is 0.